The number of halogens is 1. The van der Waals surface area contributed by atoms with Crippen LogP contribution in [-0.4, -0.2) is 50.0 Å². The molecule has 0 spiro atoms. The van der Waals surface area contributed by atoms with Crippen LogP contribution in [0.15, 0.2) is 59.5 Å². The summed E-state index contributed by atoms with van der Waals surface area (Å²) in [5, 5.41) is 1.82. The molecular weight excluding hydrogens is 383 g/mol. The lowest BCUT2D eigenvalue weighted by Gasteiger charge is -2.32. The summed E-state index contributed by atoms with van der Waals surface area (Å²) in [7, 11) is -3.67. The van der Waals surface area contributed by atoms with Crippen molar-refractivity contribution in [2.24, 2.45) is 0 Å². The van der Waals surface area contributed by atoms with Crippen LogP contribution < -0.4 is 5.32 Å². The van der Waals surface area contributed by atoms with Crippen LogP contribution in [0.3, 0.4) is 0 Å². The van der Waals surface area contributed by atoms with Crippen molar-refractivity contribution in [1.82, 2.24) is 10.2 Å². The third-order valence-corrected chi connectivity index (χ3v) is 6.94. The zero-order chi connectivity index (χ0) is 20.1. The Hall–Kier alpha value is -2.74. The molecule has 8 heteroatoms. The number of carbonyl (C=O) groups excluding carboxylic acids is 2. The van der Waals surface area contributed by atoms with Gasteiger partial charge in [-0.25, -0.2) is 12.8 Å². The second-order valence-electron chi connectivity index (χ2n) is 6.65. The first kappa shape index (κ1) is 20.0. The highest BCUT2D eigenvalue weighted by atomic mass is 32.2. The first-order valence-electron chi connectivity index (χ1n) is 8.98. The van der Waals surface area contributed by atoms with Gasteiger partial charge in [0, 0.05) is 18.7 Å². The number of sulfone groups is 1. The summed E-state index contributed by atoms with van der Waals surface area (Å²) < 4.78 is 38.7. The average molecular weight is 404 g/mol. The van der Waals surface area contributed by atoms with E-state index in [1.165, 1.54) is 17.0 Å². The van der Waals surface area contributed by atoms with E-state index in [9.17, 15) is 22.4 Å². The minimum absolute atomic E-state index is 0.0468. The van der Waals surface area contributed by atoms with Crippen molar-refractivity contribution in [2.45, 2.75) is 23.0 Å². The molecule has 1 heterocycles. The van der Waals surface area contributed by atoms with Crippen molar-refractivity contribution < 1.29 is 22.4 Å². The van der Waals surface area contributed by atoms with Gasteiger partial charge in [-0.05, 0) is 49.2 Å². The SMILES string of the molecule is O=C(NCC(=O)N1CCCC(S(=O)(=O)c2ccc(F)cc2)C1)c1ccccc1. The highest BCUT2D eigenvalue weighted by Crippen LogP contribution is 2.24. The molecule has 0 radical (unpaired) electrons. The number of benzene rings is 2. The maximum absolute atomic E-state index is 13.1. The summed E-state index contributed by atoms with van der Waals surface area (Å²) in [6.07, 6.45) is 0.976. The molecule has 3 rings (SSSR count). The Kier molecular flexibility index (Phi) is 6.08. The first-order valence-corrected chi connectivity index (χ1v) is 10.5. The highest BCUT2D eigenvalue weighted by molar-refractivity contribution is 7.92. The van der Waals surface area contributed by atoms with Gasteiger partial charge in [-0.1, -0.05) is 18.2 Å². The molecule has 0 aromatic heterocycles. The van der Waals surface area contributed by atoms with Gasteiger partial charge < -0.3 is 10.2 Å². The molecule has 0 aliphatic carbocycles. The fourth-order valence-electron chi connectivity index (χ4n) is 3.19. The lowest BCUT2D eigenvalue weighted by Crippen LogP contribution is -2.48. The molecule has 2 aromatic rings. The summed E-state index contributed by atoms with van der Waals surface area (Å²) in [5.74, 6) is -1.20. The molecule has 28 heavy (non-hydrogen) atoms. The predicted octanol–water partition coefficient (Wildman–Crippen LogP) is 2.02. The molecule has 0 saturated carbocycles. The van der Waals surface area contributed by atoms with Crippen LogP contribution in [0.25, 0.3) is 0 Å². The lowest BCUT2D eigenvalue weighted by atomic mass is 10.1. The quantitative estimate of drug-likeness (QED) is 0.773. The Bertz CT molecular complexity index is 946. The third kappa shape index (κ3) is 4.56. The molecule has 1 fully saturated rings. The van der Waals surface area contributed by atoms with E-state index < -0.39 is 20.9 Å². The summed E-state index contributed by atoms with van der Waals surface area (Å²) >= 11 is 0. The number of hydrogen-bond donors (Lipinski definition) is 1. The number of hydrogen-bond acceptors (Lipinski definition) is 4. The summed E-state index contributed by atoms with van der Waals surface area (Å²) in [6.45, 7) is 0.298. The number of rotatable bonds is 5. The normalized spacial score (nSPS) is 17.2. The monoisotopic (exact) mass is 404 g/mol. The Balaban J connectivity index is 1.61. The van der Waals surface area contributed by atoms with E-state index in [4.69, 9.17) is 0 Å². The average Bonchev–Trinajstić information content (AvgIpc) is 2.72. The highest BCUT2D eigenvalue weighted by Gasteiger charge is 2.33. The van der Waals surface area contributed by atoms with Gasteiger partial charge in [0.05, 0.1) is 16.7 Å². The van der Waals surface area contributed by atoms with E-state index >= 15 is 0 Å². The Morgan fingerprint density at radius 1 is 1.07 bits per heavy atom. The molecule has 1 unspecified atom stereocenters. The Labute approximate surface area is 163 Å². The minimum atomic E-state index is -3.67. The summed E-state index contributed by atoms with van der Waals surface area (Å²) in [5.41, 5.74) is 0.450. The molecule has 1 aliphatic heterocycles. The molecular formula is C20H21FN2O4S. The fourth-order valence-corrected chi connectivity index (χ4v) is 4.95. The van der Waals surface area contributed by atoms with Crippen molar-refractivity contribution in [2.75, 3.05) is 19.6 Å². The molecule has 1 saturated heterocycles. The Morgan fingerprint density at radius 2 is 1.75 bits per heavy atom. The van der Waals surface area contributed by atoms with E-state index in [0.717, 1.165) is 12.1 Å². The van der Waals surface area contributed by atoms with Gasteiger partial charge in [0.25, 0.3) is 5.91 Å². The predicted molar refractivity (Wildman–Crippen MR) is 102 cm³/mol. The number of carbonyl (C=O) groups is 2. The second kappa shape index (κ2) is 8.52. The van der Waals surface area contributed by atoms with Gasteiger partial charge in [-0.3, -0.25) is 9.59 Å². The van der Waals surface area contributed by atoms with E-state index in [2.05, 4.69) is 5.32 Å². The zero-order valence-electron chi connectivity index (χ0n) is 15.2. The lowest BCUT2D eigenvalue weighted by molar-refractivity contribution is -0.130. The maximum Gasteiger partial charge on any atom is 0.251 e. The number of nitrogens with one attached hydrogen (secondary N) is 1. The van der Waals surface area contributed by atoms with Gasteiger partial charge in [0.15, 0.2) is 9.84 Å². The van der Waals surface area contributed by atoms with Crippen molar-refractivity contribution in [3.63, 3.8) is 0 Å². The fraction of sp³-hybridized carbons (Fsp3) is 0.300. The molecule has 2 aromatic carbocycles. The van der Waals surface area contributed by atoms with Crippen LogP contribution in [0, 0.1) is 5.82 Å². The van der Waals surface area contributed by atoms with Gasteiger partial charge in [0.2, 0.25) is 5.91 Å². The molecule has 2 amide bonds. The maximum atomic E-state index is 13.1. The van der Waals surface area contributed by atoms with Gasteiger partial charge in [-0.15, -0.1) is 0 Å². The van der Waals surface area contributed by atoms with Gasteiger partial charge >= 0.3 is 0 Å². The number of amides is 2. The van der Waals surface area contributed by atoms with Gasteiger partial charge in [0.1, 0.15) is 5.82 Å². The zero-order valence-corrected chi connectivity index (χ0v) is 16.0. The third-order valence-electron chi connectivity index (χ3n) is 4.75. The van der Waals surface area contributed by atoms with Crippen LogP contribution in [0.2, 0.25) is 0 Å². The van der Waals surface area contributed by atoms with Gasteiger partial charge in [-0.2, -0.15) is 0 Å². The van der Waals surface area contributed by atoms with E-state index in [0.29, 0.717) is 24.9 Å². The molecule has 1 N–H and O–H groups in total. The molecule has 1 aliphatic rings. The summed E-state index contributed by atoms with van der Waals surface area (Å²) in [4.78, 5) is 26.0. The van der Waals surface area contributed by atoms with Crippen molar-refractivity contribution in [1.29, 1.82) is 0 Å². The molecule has 6 nitrogen and oxygen atoms in total. The molecule has 1 atom stereocenters. The van der Waals surface area contributed by atoms with Crippen LogP contribution in [0.1, 0.15) is 23.2 Å². The minimum Gasteiger partial charge on any atom is -0.343 e. The van der Waals surface area contributed by atoms with Crippen LogP contribution >= 0.6 is 0 Å². The van der Waals surface area contributed by atoms with E-state index in [1.54, 1.807) is 30.3 Å². The standard InChI is InChI=1S/C20H21FN2O4S/c21-16-8-10-17(11-9-16)28(26,27)18-7-4-12-23(14-18)19(24)13-22-20(25)15-5-2-1-3-6-15/h1-3,5-6,8-11,18H,4,7,12-14H2,(H,22,25). The number of piperidine rings is 1. The smallest absolute Gasteiger partial charge is 0.251 e. The molecule has 0 bridgehead atoms. The van der Waals surface area contributed by atoms with E-state index in [1.807, 2.05) is 0 Å². The number of nitrogens with zero attached hydrogens (tertiary/aromatic N) is 1. The number of likely N-dealkylation sites (tertiary alicyclic amines) is 1. The largest absolute Gasteiger partial charge is 0.343 e. The Morgan fingerprint density at radius 3 is 2.43 bits per heavy atom. The first-order chi connectivity index (χ1) is 13.4. The van der Waals surface area contributed by atoms with Crippen molar-refractivity contribution in [3.8, 4) is 0 Å². The molecule has 148 valence electrons. The van der Waals surface area contributed by atoms with Crippen LogP contribution in [0.5, 0.6) is 0 Å². The second-order valence-corrected chi connectivity index (χ2v) is 8.88. The topological polar surface area (TPSA) is 83.6 Å². The van der Waals surface area contributed by atoms with Crippen LogP contribution in [-0.2, 0) is 14.6 Å². The van der Waals surface area contributed by atoms with Crippen molar-refractivity contribution in [3.05, 3.63) is 66.0 Å². The van der Waals surface area contributed by atoms with Crippen molar-refractivity contribution >= 4 is 21.7 Å². The van der Waals surface area contributed by atoms with E-state index in [-0.39, 0.29) is 29.8 Å². The summed E-state index contributed by atoms with van der Waals surface area (Å²) in [6, 6.07) is 13.2. The van der Waals surface area contributed by atoms with Crippen LogP contribution in [0.4, 0.5) is 4.39 Å².